The third kappa shape index (κ3) is 4.49. The molecule has 126 valence electrons. The summed E-state index contributed by atoms with van der Waals surface area (Å²) in [4.78, 5) is 23.8. The number of ether oxygens (including phenoxy) is 2. The number of aryl methyl sites for hydroxylation is 1. The first-order valence-corrected chi connectivity index (χ1v) is 7.81. The Morgan fingerprint density at radius 2 is 1.92 bits per heavy atom. The van der Waals surface area contributed by atoms with E-state index in [0.717, 1.165) is 17.7 Å². The monoisotopic (exact) mass is 347 g/mol. The van der Waals surface area contributed by atoms with Gasteiger partial charge in [-0.15, -0.1) is 0 Å². The predicted molar refractivity (Wildman–Crippen MR) is 92.7 cm³/mol. The van der Waals surface area contributed by atoms with Gasteiger partial charge in [-0.2, -0.15) is 0 Å². The molecule has 0 unspecified atom stereocenters. The van der Waals surface area contributed by atoms with E-state index in [2.05, 4.69) is 10.1 Å². The zero-order valence-corrected chi connectivity index (χ0v) is 14.2. The van der Waals surface area contributed by atoms with Crippen LogP contribution in [0.4, 0.5) is 5.69 Å². The summed E-state index contributed by atoms with van der Waals surface area (Å²) in [6, 6.07) is 12.1. The Labute approximate surface area is 145 Å². The first-order valence-electron chi connectivity index (χ1n) is 7.43. The van der Waals surface area contributed by atoms with Gasteiger partial charge < -0.3 is 14.8 Å². The van der Waals surface area contributed by atoms with Gasteiger partial charge in [0.05, 0.1) is 7.11 Å². The summed E-state index contributed by atoms with van der Waals surface area (Å²) in [7, 11) is 1.27. The molecule has 1 amide bonds. The second-order valence-electron chi connectivity index (χ2n) is 4.98. The van der Waals surface area contributed by atoms with Crippen LogP contribution < -0.4 is 10.1 Å². The Balaban J connectivity index is 2.06. The van der Waals surface area contributed by atoms with Crippen LogP contribution in [0.1, 0.15) is 22.8 Å². The van der Waals surface area contributed by atoms with E-state index in [4.69, 9.17) is 16.3 Å². The van der Waals surface area contributed by atoms with Crippen LogP contribution >= 0.6 is 11.6 Å². The molecule has 0 radical (unpaired) electrons. The van der Waals surface area contributed by atoms with Gasteiger partial charge in [0, 0.05) is 10.7 Å². The molecular weight excluding hydrogens is 330 g/mol. The third-order valence-corrected chi connectivity index (χ3v) is 3.62. The minimum atomic E-state index is -0.557. The van der Waals surface area contributed by atoms with Crippen molar-refractivity contribution in [1.82, 2.24) is 0 Å². The highest BCUT2D eigenvalue weighted by Crippen LogP contribution is 2.24. The number of esters is 1. The first kappa shape index (κ1) is 17.8. The lowest BCUT2D eigenvalue weighted by Crippen LogP contribution is -2.21. The van der Waals surface area contributed by atoms with Gasteiger partial charge in [-0.25, -0.2) is 4.79 Å². The SMILES string of the molecule is CCc1ccccc1NC(=O)COc1cc(Cl)ccc1C(=O)OC. The summed E-state index contributed by atoms with van der Waals surface area (Å²) in [6.07, 6.45) is 0.804. The number of hydrogen-bond acceptors (Lipinski definition) is 4. The van der Waals surface area contributed by atoms with Crippen LogP contribution in [0, 0.1) is 0 Å². The summed E-state index contributed by atoms with van der Waals surface area (Å²) >= 11 is 5.92. The highest BCUT2D eigenvalue weighted by Gasteiger charge is 2.15. The molecule has 24 heavy (non-hydrogen) atoms. The van der Waals surface area contributed by atoms with Crippen LogP contribution in [0.25, 0.3) is 0 Å². The smallest absolute Gasteiger partial charge is 0.341 e. The third-order valence-electron chi connectivity index (χ3n) is 3.38. The highest BCUT2D eigenvalue weighted by molar-refractivity contribution is 6.30. The van der Waals surface area contributed by atoms with Crippen LogP contribution in [0.2, 0.25) is 5.02 Å². The number of para-hydroxylation sites is 1. The molecule has 2 aromatic carbocycles. The van der Waals surface area contributed by atoms with Crippen molar-refractivity contribution in [2.24, 2.45) is 0 Å². The average molecular weight is 348 g/mol. The predicted octanol–water partition coefficient (Wildman–Crippen LogP) is 3.71. The number of nitrogens with one attached hydrogen (secondary N) is 1. The van der Waals surface area contributed by atoms with Crippen LogP contribution in [-0.4, -0.2) is 25.6 Å². The molecule has 0 aliphatic carbocycles. The second kappa shape index (κ2) is 8.36. The minimum absolute atomic E-state index is 0.202. The molecule has 2 aromatic rings. The average Bonchev–Trinajstić information content (AvgIpc) is 2.60. The Bertz CT molecular complexity index is 746. The van der Waals surface area contributed by atoms with Crippen molar-refractivity contribution in [1.29, 1.82) is 0 Å². The van der Waals surface area contributed by atoms with Gasteiger partial charge in [0.15, 0.2) is 6.61 Å². The van der Waals surface area contributed by atoms with Crippen molar-refractivity contribution in [2.75, 3.05) is 19.0 Å². The number of hydrogen-bond donors (Lipinski definition) is 1. The zero-order chi connectivity index (χ0) is 17.5. The number of carbonyl (C=O) groups excluding carboxylic acids is 2. The zero-order valence-electron chi connectivity index (χ0n) is 13.5. The van der Waals surface area contributed by atoms with Crippen molar-refractivity contribution in [3.63, 3.8) is 0 Å². The van der Waals surface area contributed by atoms with Crippen LogP contribution in [0.5, 0.6) is 5.75 Å². The van der Waals surface area contributed by atoms with Crippen molar-refractivity contribution >= 4 is 29.2 Å². The van der Waals surface area contributed by atoms with E-state index in [0.29, 0.717) is 5.02 Å². The maximum Gasteiger partial charge on any atom is 0.341 e. The number of amides is 1. The second-order valence-corrected chi connectivity index (χ2v) is 5.42. The molecule has 0 aliphatic rings. The number of benzene rings is 2. The van der Waals surface area contributed by atoms with Gasteiger partial charge in [0.1, 0.15) is 11.3 Å². The molecule has 0 spiro atoms. The van der Waals surface area contributed by atoms with E-state index in [-0.39, 0.29) is 23.8 Å². The maximum absolute atomic E-state index is 12.1. The summed E-state index contributed by atoms with van der Waals surface area (Å²) in [5.41, 5.74) is 1.99. The van der Waals surface area contributed by atoms with Crippen molar-refractivity contribution in [2.45, 2.75) is 13.3 Å². The van der Waals surface area contributed by atoms with E-state index in [1.165, 1.54) is 19.2 Å². The molecular formula is C18H18ClNO4. The fourth-order valence-corrected chi connectivity index (χ4v) is 2.34. The fraction of sp³-hybridized carbons (Fsp3) is 0.222. The Morgan fingerprint density at radius 1 is 1.17 bits per heavy atom. The van der Waals surface area contributed by atoms with Gasteiger partial charge >= 0.3 is 5.97 Å². The first-order chi connectivity index (χ1) is 11.5. The number of methoxy groups -OCH3 is 1. The van der Waals surface area contributed by atoms with E-state index in [1.54, 1.807) is 6.07 Å². The van der Waals surface area contributed by atoms with Gasteiger partial charge in [0.25, 0.3) is 5.91 Å². The van der Waals surface area contributed by atoms with Gasteiger partial charge in [-0.1, -0.05) is 36.7 Å². The molecule has 0 aliphatic heterocycles. The molecule has 0 saturated heterocycles. The molecule has 0 atom stereocenters. The lowest BCUT2D eigenvalue weighted by Gasteiger charge is -2.12. The van der Waals surface area contributed by atoms with Gasteiger partial charge in [-0.3, -0.25) is 4.79 Å². The summed E-state index contributed by atoms with van der Waals surface area (Å²) in [6.45, 7) is 1.76. The Hall–Kier alpha value is -2.53. The fourth-order valence-electron chi connectivity index (χ4n) is 2.17. The Morgan fingerprint density at radius 3 is 2.62 bits per heavy atom. The van der Waals surface area contributed by atoms with Crippen LogP contribution in [0.3, 0.4) is 0 Å². The maximum atomic E-state index is 12.1. The molecule has 0 saturated carbocycles. The highest BCUT2D eigenvalue weighted by atomic mass is 35.5. The lowest BCUT2D eigenvalue weighted by atomic mass is 10.1. The van der Waals surface area contributed by atoms with Gasteiger partial charge in [-0.05, 0) is 36.2 Å². The van der Waals surface area contributed by atoms with E-state index < -0.39 is 5.97 Å². The normalized spacial score (nSPS) is 10.1. The minimum Gasteiger partial charge on any atom is -0.483 e. The Kier molecular flexibility index (Phi) is 6.21. The molecule has 0 heterocycles. The standard InChI is InChI=1S/C18H18ClNO4/c1-3-12-6-4-5-7-15(12)20-17(21)11-24-16-10-13(19)8-9-14(16)18(22)23-2/h4-10H,3,11H2,1-2H3,(H,20,21). The van der Waals surface area contributed by atoms with E-state index in [9.17, 15) is 9.59 Å². The van der Waals surface area contributed by atoms with Crippen LogP contribution in [0.15, 0.2) is 42.5 Å². The quantitative estimate of drug-likeness (QED) is 0.809. The van der Waals surface area contributed by atoms with Gasteiger partial charge in [0.2, 0.25) is 0 Å². The molecule has 1 N–H and O–H groups in total. The van der Waals surface area contributed by atoms with E-state index >= 15 is 0 Å². The summed E-state index contributed by atoms with van der Waals surface area (Å²) in [5.74, 6) is -0.682. The van der Waals surface area contributed by atoms with Crippen molar-refractivity contribution < 1.29 is 19.1 Å². The molecule has 5 nitrogen and oxygen atoms in total. The molecule has 0 aromatic heterocycles. The van der Waals surface area contributed by atoms with E-state index in [1.807, 2.05) is 31.2 Å². The number of carbonyl (C=O) groups is 2. The number of rotatable bonds is 6. The molecule has 0 bridgehead atoms. The molecule has 6 heteroatoms. The largest absolute Gasteiger partial charge is 0.483 e. The lowest BCUT2D eigenvalue weighted by molar-refractivity contribution is -0.118. The van der Waals surface area contributed by atoms with Crippen molar-refractivity contribution in [3.05, 3.63) is 58.6 Å². The van der Waals surface area contributed by atoms with Crippen molar-refractivity contribution in [3.8, 4) is 5.75 Å². The topological polar surface area (TPSA) is 64.6 Å². The number of halogens is 1. The summed E-state index contributed by atoms with van der Waals surface area (Å²) < 4.78 is 10.1. The number of anilines is 1. The van der Waals surface area contributed by atoms with Crippen LogP contribution in [-0.2, 0) is 16.0 Å². The molecule has 0 fully saturated rings. The summed E-state index contributed by atoms with van der Waals surface area (Å²) in [5, 5.41) is 3.19. The molecule has 2 rings (SSSR count).